The van der Waals surface area contributed by atoms with E-state index in [1.807, 2.05) is 37.4 Å². The topological polar surface area (TPSA) is 73.6 Å². The predicted octanol–water partition coefficient (Wildman–Crippen LogP) is 5.11. The molecule has 0 amide bonds. The zero-order valence-corrected chi connectivity index (χ0v) is 19.1. The maximum absolute atomic E-state index is 12.1. The Morgan fingerprint density at radius 3 is 2.48 bits per heavy atom. The Bertz CT molecular complexity index is 1430. The fourth-order valence-electron chi connectivity index (χ4n) is 4.51. The Morgan fingerprint density at radius 1 is 1.00 bits per heavy atom. The number of para-hydroxylation sites is 1. The molecule has 0 spiro atoms. The molecule has 1 heterocycles. The second kappa shape index (κ2) is 8.14. The van der Waals surface area contributed by atoms with Crippen LogP contribution >= 0.6 is 0 Å². The van der Waals surface area contributed by atoms with Gasteiger partial charge in [0, 0.05) is 46.8 Å². The third-order valence-electron chi connectivity index (χ3n) is 6.40. The monoisotopic (exact) mass is 456 g/mol. The molecule has 0 aromatic heterocycles. The number of likely N-dealkylation sites (N-methyl/N-ethyl adjacent to an activating group) is 1. The van der Waals surface area contributed by atoms with E-state index >= 15 is 0 Å². The number of rotatable bonds is 4. The molecule has 3 aliphatic rings. The molecule has 2 aromatic carbocycles. The summed E-state index contributed by atoms with van der Waals surface area (Å²) in [5, 5.41) is 0. The van der Waals surface area contributed by atoms with Gasteiger partial charge in [0.2, 0.25) is 0 Å². The summed E-state index contributed by atoms with van der Waals surface area (Å²) in [6, 6.07) is 21.6. The summed E-state index contributed by atoms with van der Waals surface area (Å²) >= 11 is -2.41. The van der Waals surface area contributed by atoms with Gasteiger partial charge < -0.3 is 13.9 Å². The average Bonchev–Trinajstić information content (AvgIpc) is 2.82. The van der Waals surface area contributed by atoms with E-state index in [0.29, 0.717) is 29.1 Å². The average molecular weight is 457 g/mol. The lowest BCUT2D eigenvalue weighted by molar-refractivity contribution is 0.436. The van der Waals surface area contributed by atoms with Crippen LogP contribution in [-0.2, 0) is 17.5 Å². The molecule has 2 atom stereocenters. The number of hydrogen-bond donors (Lipinski definition) is 0. The third kappa shape index (κ3) is 3.71. The van der Waals surface area contributed by atoms with Gasteiger partial charge in [0.1, 0.15) is 11.5 Å². The summed E-state index contributed by atoms with van der Waals surface area (Å²) in [6.45, 7) is 2.13. The van der Waals surface area contributed by atoms with Crippen molar-refractivity contribution in [3.05, 3.63) is 100 Å². The molecular formula is C27H22NO4S-. The molecule has 5 nitrogen and oxygen atoms in total. The standard InChI is InChI=1S/C27H23NO4S/c1-27(28(2)18-8-4-3-5-9-18)15-14-21-24(17-27)32-23-16-19(29)12-13-20(23)26(21)22-10-6-7-11-25(22)33(30)31/h3-16H,17H2,1-2H3,(H,30,31)/p-1. The molecule has 0 N–H and O–H groups in total. The van der Waals surface area contributed by atoms with Gasteiger partial charge in [0.25, 0.3) is 0 Å². The summed E-state index contributed by atoms with van der Waals surface area (Å²) in [4.78, 5) is 14.5. The van der Waals surface area contributed by atoms with Crippen LogP contribution in [0.5, 0.6) is 0 Å². The molecule has 33 heavy (non-hydrogen) atoms. The molecule has 0 saturated heterocycles. The first-order valence-corrected chi connectivity index (χ1v) is 11.7. The van der Waals surface area contributed by atoms with E-state index in [4.69, 9.17) is 4.42 Å². The maximum Gasteiger partial charge on any atom is 0.182 e. The normalized spacial score (nSPS) is 18.2. The van der Waals surface area contributed by atoms with Crippen LogP contribution in [0.2, 0.25) is 0 Å². The fraction of sp³-hybridized carbons (Fsp3) is 0.148. The van der Waals surface area contributed by atoms with Gasteiger partial charge in [-0.25, -0.2) is 0 Å². The van der Waals surface area contributed by atoms with Crippen LogP contribution in [-0.4, -0.2) is 21.3 Å². The molecule has 0 bridgehead atoms. The lowest BCUT2D eigenvalue weighted by Gasteiger charge is -2.40. The smallest absolute Gasteiger partial charge is 0.182 e. The first-order valence-electron chi connectivity index (χ1n) is 10.6. The maximum atomic E-state index is 12.1. The SMILES string of the molecule is CN(c1ccccc1)C1(C)C=Cc2c(oc3cc(=O)ccc-3c2-c2ccccc2S(=O)[O-])C1. The van der Waals surface area contributed by atoms with E-state index in [-0.39, 0.29) is 15.9 Å². The Hall–Kier alpha value is -3.48. The van der Waals surface area contributed by atoms with Crippen LogP contribution < -0.4 is 10.3 Å². The van der Waals surface area contributed by atoms with E-state index in [0.717, 1.165) is 16.8 Å². The lowest BCUT2D eigenvalue weighted by Crippen LogP contribution is -2.45. The number of anilines is 1. The molecular weight excluding hydrogens is 434 g/mol. The summed E-state index contributed by atoms with van der Waals surface area (Å²) in [7, 11) is 2.04. The van der Waals surface area contributed by atoms with Crippen LogP contribution in [0.15, 0.2) is 93.0 Å². The summed E-state index contributed by atoms with van der Waals surface area (Å²) in [5.74, 6) is 1.16. The van der Waals surface area contributed by atoms with Crippen LogP contribution in [0.1, 0.15) is 18.2 Å². The van der Waals surface area contributed by atoms with Gasteiger partial charge >= 0.3 is 0 Å². The minimum Gasteiger partial charge on any atom is -0.768 e. The second-order valence-corrected chi connectivity index (χ2v) is 9.37. The number of fused-ring (bicyclic) bond motifs is 2. The minimum atomic E-state index is -2.41. The minimum absolute atomic E-state index is 0.159. The third-order valence-corrected chi connectivity index (χ3v) is 7.11. The largest absolute Gasteiger partial charge is 0.768 e. The van der Waals surface area contributed by atoms with Crippen molar-refractivity contribution in [2.24, 2.45) is 0 Å². The summed E-state index contributed by atoms with van der Waals surface area (Å²) in [6.07, 6.45) is 4.69. The fourth-order valence-corrected chi connectivity index (χ4v) is 5.05. The van der Waals surface area contributed by atoms with Crippen molar-refractivity contribution in [2.45, 2.75) is 23.8 Å². The number of hydrogen-bond acceptors (Lipinski definition) is 5. The van der Waals surface area contributed by atoms with Gasteiger partial charge in [-0.3, -0.25) is 9.00 Å². The Balaban J connectivity index is 1.74. The summed E-state index contributed by atoms with van der Waals surface area (Å²) < 4.78 is 30.3. The predicted molar refractivity (Wildman–Crippen MR) is 130 cm³/mol. The molecule has 0 radical (unpaired) electrons. The molecule has 5 rings (SSSR count). The lowest BCUT2D eigenvalue weighted by atomic mass is 9.82. The van der Waals surface area contributed by atoms with Crippen molar-refractivity contribution >= 4 is 22.8 Å². The highest BCUT2D eigenvalue weighted by Crippen LogP contribution is 2.44. The van der Waals surface area contributed by atoms with Gasteiger partial charge in [0.15, 0.2) is 5.43 Å². The van der Waals surface area contributed by atoms with Gasteiger partial charge in [-0.1, -0.05) is 48.6 Å². The van der Waals surface area contributed by atoms with Crippen molar-refractivity contribution in [3.63, 3.8) is 0 Å². The van der Waals surface area contributed by atoms with Crippen LogP contribution in [0.3, 0.4) is 0 Å². The van der Waals surface area contributed by atoms with Crippen molar-refractivity contribution in [2.75, 3.05) is 11.9 Å². The molecule has 166 valence electrons. The van der Waals surface area contributed by atoms with Gasteiger partial charge in [-0.2, -0.15) is 0 Å². The quantitative estimate of drug-likeness (QED) is 0.399. The molecule has 0 saturated carbocycles. The molecule has 0 fully saturated rings. The molecule has 6 heteroatoms. The summed E-state index contributed by atoms with van der Waals surface area (Å²) in [5.41, 5.74) is 3.42. The van der Waals surface area contributed by atoms with Crippen molar-refractivity contribution < 1.29 is 13.2 Å². The second-order valence-electron chi connectivity index (χ2n) is 8.46. The highest BCUT2D eigenvalue weighted by molar-refractivity contribution is 7.79. The van der Waals surface area contributed by atoms with Crippen LogP contribution in [0.4, 0.5) is 5.69 Å². The van der Waals surface area contributed by atoms with Crippen molar-refractivity contribution in [1.29, 1.82) is 0 Å². The highest BCUT2D eigenvalue weighted by atomic mass is 32.2. The van der Waals surface area contributed by atoms with Crippen molar-refractivity contribution in [1.82, 2.24) is 0 Å². The van der Waals surface area contributed by atoms with E-state index in [9.17, 15) is 13.6 Å². The van der Waals surface area contributed by atoms with E-state index < -0.39 is 11.1 Å². The molecule has 1 aliphatic heterocycles. The van der Waals surface area contributed by atoms with E-state index in [2.05, 4.69) is 30.0 Å². The molecule has 2 unspecified atom stereocenters. The Morgan fingerprint density at radius 2 is 1.73 bits per heavy atom. The molecule has 2 aromatic rings. The molecule has 2 aliphatic carbocycles. The van der Waals surface area contributed by atoms with Crippen LogP contribution in [0, 0.1) is 0 Å². The van der Waals surface area contributed by atoms with Crippen molar-refractivity contribution in [3.8, 4) is 22.5 Å². The zero-order valence-electron chi connectivity index (χ0n) is 18.3. The van der Waals surface area contributed by atoms with Gasteiger partial charge in [-0.05, 0) is 53.9 Å². The zero-order chi connectivity index (χ0) is 23.2. The van der Waals surface area contributed by atoms with Crippen LogP contribution in [0.25, 0.3) is 28.5 Å². The van der Waals surface area contributed by atoms with E-state index in [1.54, 1.807) is 24.3 Å². The first-order chi connectivity index (χ1) is 15.9. The van der Waals surface area contributed by atoms with Gasteiger partial charge in [-0.15, -0.1) is 0 Å². The number of nitrogens with zero attached hydrogens (tertiary/aromatic N) is 1. The highest BCUT2D eigenvalue weighted by Gasteiger charge is 2.34. The van der Waals surface area contributed by atoms with E-state index in [1.165, 1.54) is 12.1 Å². The number of benzene rings is 3. The Labute approximate surface area is 194 Å². The van der Waals surface area contributed by atoms with Gasteiger partial charge in [0.05, 0.1) is 5.54 Å². The Kier molecular flexibility index (Phi) is 5.27. The first kappa shape index (κ1) is 21.4.